The molecule has 0 radical (unpaired) electrons. The summed E-state index contributed by atoms with van der Waals surface area (Å²) >= 11 is 0. The van der Waals surface area contributed by atoms with Crippen LogP contribution in [0.15, 0.2) is 42.5 Å². The van der Waals surface area contributed by atoms with Crippen LogP contribution in [0.5, 0.6) is 17.2 Å². The van der Waals surface area contributed by atoms with Crippen LogP contribution < -0.4 is 24.4 Å². The van der Waals surface area contributed by atoms with Crippen LogP contribution in [0.1, 0.15) is 37.0 Å². The molecule has 7 nitrogen and oxygen atoms in total. The zero-order valence-corrected chi connectivity index (χ0v) is 17.8. The Morgan fingerprint density at radius 2 is 1.87 bits per heavy atom. The van der Waals surface area contributed by atoms with Crippen molar-refractivity contribution in [2.45, 2.75) is 38.8 Å². The molecule has 30 heavy (non-hydrogen) atoms. The zero-order chi connectivity index (χ0) is 21.7. The van der Waals surface area contributed by atoms with E-state index in [9.17, 15) is 9.59 Å². The van der Waals surface area contributed by atoms with E-state index in [0.717, 1.165) is 12.8 Å². The summed E-state index contributed by atoms with van der Waals surface area (Å²) in [7, 11) is 3.05. The number of methoxy groups -OCH3 is 2. The van der Waals surface area contributed by atoms with Crippen molar-refractivity contribution in [3.8, 4) is 17.2 Å². The van der Waals surface area contributed by atoms with Gasteiger partial charge in [-0.05, 0) is 43.2 Å². The Balaban J connectivity index is 1.95. The summed E-state index contributed by atoms with van der Waals surface area (Å²) in [5.74, 6) is 0.950. The normalized spacial score (nSPS) is 15.2. The van der Waals surface area contributed by atoms with Crippen LogP contribution in [0.2, 0.25) is 0 Å². The standard InChI is InChI=1S/C23H28N2O5/c1-5-15(6-2)24-22(26)21-14-25(18-9-7-8-10-20(18)30-21)23(27)17-13-16(28-3)11-12-19(17)29-4/h7-13,15,21H,5-6,14H2,1-4H3,(H,24,26). The Hall–Kier alpha value is -3.22. The minimum Gasteiger partial charge on any atom is -0.497 e. The molecule has 0 fully saturated rings. The number of anilines is 1. The molecule has 1 heterocycles. The molecule has 2 amide bonds. The first-order valence-electron chi connectivity index (χ1n) is 10.1. The van der Waals surface area contributed by atoms with Crippen molar-refractivity contribution in [2.75, 3.05) is 25.7 Å². The van der Waals surface area contributed by atoms with Crippen molar-refractivity contribution >= 4 is 17.5 Å². The first-order chi connectivity index (χ1) is 14.5. The van der Waals surface area contributed by atoms with Crippen molar-refractivity contribution in [3.05, 3.63) is 48.0 Å². The summed E-state index contributed by atoms with van der Waals surface area (Å²) in [5, 5.41) is 3.01. The number of fused-ring (bicyclic) bond motifs is 1. The van der Waals surface area contributed by atoms with Gasteiger partial charge in [0.1, 0.15) is 17.2 Å². The molecular weight excluding hydrogens is 384 g/mol. The molecule has 1 N–H and O–H groups in total. The molecule has 1 unspecified atom stereocenters. The maximum atomic E-state index is 13.5. The number of carbonyl (C=O) groups is 2. The van der Waals surface area contributed by atoms with Gasteiger partial charge in [-0.2, -0.15) is 0 Å². The number of hydrogen-bond donors (Lipinski definition) is 1. The fourth-order valence-electron chi connectivity index (χ4n) is 3.48. The number of nitrogens with zero attached hydrogens (tertiary/aromatic N) is 1. The number of ether oxygens (including phenoxy) is 3. The van der Waals surface area contributed by atoms with Gasteiger partial charge in [-0.15, -0.1) is 0 Å². The maximum Gasteiger partial charge on any atom is 0.263 e. The molecule has 3 rings (SSSR count). The third-order valence-electron chi connectivity index (χ3n) is 5.28. The molecule has 1 aliphatic heterocycles. The minimum atomic E-state index is -0.805. The van der Waals surface area contributed by atoms with Crippen molar-refractivity contribution in [2.24, 2.45) is 0 Å². The molecule has 160 valence electrons. The van der Waals surface area contributed by atoms with E-state index >= 15 is 0 Å². The number of amides is 2. The highest BCUT2D eigenvalue weighted by atomic mass is 16.5. The molecular formula is C23H28N2O5. The summed E-state index contributed by atoms with van der Waals surface area (Å²) in [5.41, 5.74) is 0.965. The third-order valence-corrected chi connectivity index (χ3v) is 5.28. The van der Waals surface area contributed by atoms with Gasteiger partial charge in [-0.25, -0.2) is 0 Å². The molecule has 2 aromatic rings. The fraction of sp³-hybridized carbons (Fsp3) is 0.391. The van der Waals surface area contributed by atoms with Crippen LogP contribution in [0.4, 0.5) is 5.69 Å². The monoisotopic (exact) mass is 412 g/mol. The minimum absolute atomic E-state index is 0.0703. The van der Waals surface area contributed by atoms with E-state index in [1.165, 1.54) is 7.11 Å². The number of benzene rings is 2. The number of nitrogens with one attached hydrogen (secondary N) is 1. The molecule has 1 aliphatic rings. The Kier molecular flexibility index (Phi) is 6.82. The van der Waals surface area contributed by atoms with Gasteiger partial charge < -0.3 is 24.4 Å². The number of carbonyl (C=O) groups excluding carboxylic acids is 2. The molecule has 0 aromatic heterocycles. The SMILES string of the molecule is CCC(CC)NC(=O)C1CN(C(=O)c2cc(OC)ccc2OC)c2ccccc2O1. The van der Waals surface area contributed by atoms with Crippen LogP contribution in [0, 0.1) is 0 Å². The maximum absolute atomic E-state index is 13.5. The second-order valence-corrected chi connectivity index (χ2v) is 7.08. The quantitative estimate of drug-likeness (QED) is 0.754. The lowest BCUT2D eigenvalue weighted by molar-refractivity contribution is -0.128. The summed E-state index contributed by atoms with van der Waals surface area (Å²) in [6.07, 6.45) is 0.853. The van der Waals surface area contributed by atoms with E-state index in [0.29, 0.717) is 28.5 Å². The number of para-hydroxylation sites is 2. The first-order valence-corrected chi connectivity index (χ1v) is 10.1. The molecule has 2 aromatic carbocycles. The highest BCUT2D eigenvalue weighted by Crippen LogP contribution is 2.36. The molecule has 1 atom stereocenters. The van der Waals surface area contributed by atoms with Gasteiger partial charge in [-0.1, -0.05) is 26.0 Å². The first kappa shape index (κ1) is 21.5. The van der Waals surface area contributed by atoms with E-state index in [1.54, 1.807) is 42.3 Å². The van der Waals surface area contributed by atoms with E-state index in [-0.39, 0.29) is 24.4 Å². The second-order valence-electron chi connectivity index (χ2n) is 7.08. The molecule has 0 saturated carbocycles. The fourth-order valence-corrected chi connectivity index (χ4v) is 3.48. The van der Waals surface area contributed by atoms with E-state index in [2.05, 4.69) is 5.32 Å². The zero-order valence-electron chi connectivity index (χ0n) is 17.8. The summed E-state index contributed by atoms with van der Waals surface area (Å²) in [4.78, 5) is 27.9. The van der Waals surface area contributed by atoms with Gasteiger partial charge in [0.15, 0.2) is 6.10 Å². The van der Waals surface area contributed by atoms with Gasteiger partial charge in [0.25, 0.3) is 11.8 Å². The highest BCUT2D eigenvalue weighted by molar-refractivity contribution is 6.09. The topological polar surface area (TPSA) is 77.1 Å². The second kappa shape index (κ2) is 9.52. The molecule has 0 aliphatic carbocycles. The van der Waals surface area contributed by atoms with E-state index < -0.39 is 6.10 Å². The van der Waals surface area contributed by atoms with Crippen LogP contribution in [-0.2, 0) is 4.79 Å². The van der Waals surface area contributed by atoms with Gasteiger partial charge in [-0.3, -0.25) is 9.59 Å². The summed E-state index contributed by atoms with van der Waals surface area (Å²) < 4.78 is 16.6. The van der Waals surface area contributed by atoms with Crippen LogP contribution in [-0.4, -0.2) is 44.7 Å². The Bertz CT molecular complexity index is 910. The van der Waals surface area contributed by atoms with Gasteiger partial charge in [0.2, 0.25) is 0 Å². The molecule has 0 spiro atoms. The largest absolute Gasteiger partial charge is 0.497 e. The van der Waals surface area contributed by atoms with Gasteiger partial charge in [0, 0.05) is 6.04 Å². The Morgan fingerprint density at radius 3 is 2.53 bits per heavy atom. The molecule has 0 bridgehead atoms. The van der Waals surface area contributed by atoms with Crippen LogP contribution in [0.25, 0.3) is 0 Å². The lowest BCUT2D eigenvalue weighted by atomic mass is 10.1. The predicted molar refractivity (Wildman–Crippen MR) is 115 cm³/mol. The van der Waals surface area contributed by atoms with Crippen molar-refractivity contribution < 1.29 is 23.8 Å². The van der Waals surface area contributed by atoms with Crippen molar-refractivity contribution in [1.82, 2.24) is 5.32 Å². The third kappa shape index (κ3) is 4.35. The van der Waals surface area contributed by atoms with Crippen molar-refractivity contribution in [3.63, 3.8) is 0 Å². The lowest BCUT2D eigenvalue weighted by Gasteiger charge is -2.35. The Labute approximate surface area is 176 Å². The number of hydrogen-bond acceptors (Lipinski definition) is 5. The van der Waals surface area contributed by atoms with Crippen LogP contribution >= 0.6 is 0 Å². The molecule has 7 heteroatoms. The average Bonchev–Trinajstić information content (AvgIpc) is 2.80. The summed E-state index contributed by atoms with van der Waals surface area (Å²) in [6.45, 7) is 4.15. The smallest absolute Gasteiger partial charge is 0.263 e. The predicted octanol–water partition coefficient (Wildman–Crippen LogP) is 3.42. The summed E-state index contributed by atoms with van der Waals surface area (Å²) in [6, 6.07) is 12.3. The number of rotatable bonds is 7. The van der Waals surface area contributed by atoms with Gasteiger partial charge >= 0.3 is 0 Å². The lowest BCUT2D eigenvalue weighted by Crippen LogP contribution is -2.52. The van der Waals surface area contributed by atoms with E-state index in [4.69, 9.17) is 14.2 Å². The van der Waals surface area contributed by atoms with Crippen molar-refractivity contribution in [1.29, 1.82) is 0 Å². The Morgan fingerprint density at radius 1 is 1.13 bits per heavy atom. The van der Waals surface area contributed by atoms with Gasteiger partial charge in [0.05, 0.1) is 32.0 Å². The highest BCUT2D eigenvalue weighted by Gasteiger charge is 2.35. The molecule has 0 saturated heterocycles. The average molecular weight is 412 g/mol. The van der Waals surface area contributed by atoms with E-state index in [1.807, 2.05) is 26.0 Å². The van der Waals surface area contributed by atoms with Crippen LogP contribution in [0.3, 0.4) is 0 Å².